The molecule has 0 unspecified atom stereocenters. The Hall–Kier alpha value is -1.90. The van der Waals surface area contributed by atoms with Crippen molar-refractivity contribution in [3.63, 3.8) is 0 Å². The second-order valence-electron chi connectivity index (χ2n) is 6.19. The summed E-state index contributed by atoms with van der Waals surface area (Å²) in [6.45, 7) is 6.18. The average molecular weight is 375 g/mol. The largest absolute Gasteiger partial charge is 0.379 e. The van der Waals surface area contributed by atoms with Crippen molar-refractivity contribution in [2.24, 2.45) is 7.05 Å². The van der Waals surface area contributed by atoms with E-state index < -0.39 is 0 Å². The van der Waals surface area contributed by atoms with Crippen molar-refractivity contribution in [3.05, 3.63) is 35.7 Å². The molecule has 7 nitrogen and oxygen atoms in total. The van der Waals surface area contributed by atoms with E-state index in [1.165, 1.54) is 11.8 Å². The number of nitrogens with one attached hydrogen (secondary N) is 1. The normalized spacial score (nSPS) is 15.2. The van der Waals surface area contributed by atoms with Crippen LogP contribution in [0.25, 0.3) is 0 Å². The highest BCUT2D eigenvalue weighted by molar-refractivity contribution is 7.99. The van der Waals surface area contributed by atoms with Gasteiger partial charge in [0.25, 0.3) is 0 Å². The molecule has 8 heteroatoms. The molecular formula is C18H25N5O2S. The van der Waals surface area contributed by atoms with E-state index in [0.29, 0.717) is 5.75 Å². The summed E-state index contributed by atoms with van der Waals surface area (Å²) in [5, 5.41) is 12.3. The Labute approximate surface area is 158 Å². The van der Waals surface area contributed by atoms with Crippen LogP contribution in [0.4, 0.5) is 5.69 Å². The quantitative estimate of drug-likeness (QED) is 0.746. The van der Waals surface area contributed by atoms with Gasteiger partial charge in [-0.1, -0.05) is 36.9 Å². The molecule has 2 aromatic rings. The molecule has 0 aliphatic carbocycles. The number of thioether (sulfide) groups is 1. The van der Waals surface area contributed by atoms with E-state index >= 15 is 0 Å². The number of para-hydroxylation sites is 1. The van der Waals surface area contributed by atoms with E-state index in [2.05, 4.69) is 27.3 Å². The summed E-state index contributed by atoms with van der Waals surface area (Å²) in [6.07, 6.45) is 0.887. The molecule has 1 amide bonds. The maximum Gasteiger partial charge on any atom is 0.234 e. The topological polar surface area (TPSA) is 72.3 Å². The molecule has 1 aromatic heterocycles. The van der Waals surface area contributed by atoms with Crippen LogP contribution >= 0.6 is 11.8 Å². The van der Waals surface area contributed by atoms with Crippen molar-refractivity contribution in [1.82, 2.24) is 19.7 Å². The molecular weight excluding hydrogens is 350 g/mol. The first-order valence-electron chi connectivity index (χ1n) is 8.86. The predicted octanol–water partition coefficient (Wildman–Crippen LogP) is 1.94. The number of ether oxygens (including phenoxy) is 1. The molecule has 1 N–H and O–H groups in total. The number of aryl methyl sites for hydroxylation is 1. The Morgan fingerprint density at radius 2 is 2.04 bits per heavy atom. The lowest BCUT2D eigenvalue weighted by atomic mass is 10.1. The molecule has 0 bridgehead atoms. The van der Waals surface area contributed by atoms with Crippen LogP contribution in [0.3, 0.4) is 0 Å². The highest BCUT2D eigenvalue weighted by Gasteiger charge is 2.16. The minimum Gasteiger partial charge on any atom is -0.379 e. The standard InChI is InChI=1S/C18H25N5O2S/c1-3-14-6-4-5-7-15(14)19-17(24)13-26-18-21-20-16(22(18)2)12-23-8-10-25-11-9-23/h4-7H,3,8-13H2,1-2H3,(H,19,24). The lowest BCUT2D eigenvalue weighted by molar-refractivity contribution is -0.113. The van der Waals surface area contributed by atoms with E-state index in [1.807, 2.05) is 35.9 Å². The van der Waals surface area contributed by atoms with Gasteiger partial charge in [0.2, 0.25) is 5.91 Å². The number of carbonyl (C=O) groups excluding carboxylic acids is 1. The van der Waals surface area contributed by atoms with Crippen molar-refractivity contribution < 1.29 is 9.53 Å². The SMILES string of the molecule is CCc1ccccc1NC(=O)CSc1nnc(CN2CCOCC2)n1C. The molecule has 0 saturated carbocycles. The van der Waals surface area contributed by atoms with Crippen molar-refractivity contribution in [1.29, 1.82) is 0 Å². The molecule has 0 spiro atoms. The molecule has 1 aliphatic heterocycles. The highest BCUT2D eigenvalue weighted by Crippen LogP contribution is 2.19. The Kier molecular flexibility index (Phi) is 6.65. The predicted molar refractivity (Wildman–Crippen MR) is 102 cm³/mol. The number of nitrogens with zero attached hydrogens (tertiary/aromatic N) is 4. The number of amides is 1. The maximum atomic E-state index is 12.3. The van der Waals surface area contributed by atoms with Gasteiger partial charge in [-0.25, -0.2) is 0 Å². The Bertz CT molecular complexity index is 743. The van der Waals surface area contributed by atoms with Crippen LogP contribution in [0.5, 0.6) is 0 Å². The molecule has 1 fully saturated rings. The fourth-order valence-corrected chi connectivity index (χ4v) is 3.56. The van der Waals surface area contributed by atoms with Crippen molar-refractivity contribution in [3.8, 4) is 0 Å². The molecule has 1 saturated heterocycles. The number of morpholine rings is 1. The van der Waals surface area contributed by atoms with Gasteiger partial charge in [-0.2, -0.15) is 0 Å². The summed E-state index contributed by atoms with van der Waals surface area (Å²) >= 11 is 1.40. The second kappa shape index (κ2) is 9.16. The smallest absolute Gasteiger partial charge is 0.234 e. The van der Waals surface area contributed by atoms with Crippen molar-refractivity contribution >= 4 is 23.4 Å². The molecule has 1 aliphatic rings. The Morgan fingerprint density at radius 1 is 1.27 bits per heavy atom. The van der Waals surface area contributed by atoms with Crippen LogP contribution in [0.1, 0.15) is 18.3 Å². The molecule has 0 radical (unpaired) electrons. The van der Waals surface area contributed by atoms with Crippen LogP contribution < -0.4 is 5.32 Å². The fraction of sp³-hybridized carbons (Fsp3) is 0.500. The van der Waals surface area contributed by atoms with Crippen LogP contribution in [0.2, 0.25) is 0 Å². The minimum atomic E-state index is -0.0337. The van der Waals surface area contributed by atoms with Gasteiger partial charge in [-0.3, -0.25) is 9.69 Å². The summed E-state index contributed by atoms with van der Waals surface area (Å²) in [4.78, 5) is 14.6. The van der Waals surface area contributed by atoms with Crippen LogP contribution in [0.15, 0.2) is 29.4 Å². The number of anilines is 1. The van der Waals surface area contributed by atoms with Gasteiger partial charge in [-0.15, -0.1) is 10.2 Å². The second-order valence-corrected chi connectivity index (χ2v) is 7.14. The zero-order valence-corrected chi connectivity index (χ0v) is 16.1. The number of hydrogen-bond acceptors (Lipinski definition) is 6. The lowest BCUT2D eigenvalue weighted by Gasteiger charge is -2.25. The van der Waals surface area contributed by atoms with Crippen molar-refractivity contribution in [2.45, 2.75) is 25.0 Å². The minimum absolute atomic E-state index is 0.0337. The number of benzene rings is 1. The van der Waals surface area contributed by atoms with Crippen LogP contribution in [-0.2, 0) is 29.5 Å². The number of carbonyl (C=O) groups is 1. The first-order valence-corrected chi connectivity index (χ1v) is 9.85. The molecule has 1 aromatic carbocycles. The monoisotopic (exact) mass is 375 g/mol. The van der Waals surface area contributed by atoms with E-state index in [4.69, 9.17) is 4.74 Å². The van der Waals surface area contributed by atoms with E-state index in [0.717, 1.165) is 61.5 Å². The average Bonchev–Trinajstić information content (AvgIpc) is 3.01. The van der Waals surface area contributed by atoms with E-state index in [-0.39, 0.29) is 5.91 Å². The lowest BCUT2D eigenvalue weighted by Crippen LogP contribution is -2.36. The summed E-state index contributed by atoms with van der Waals surface area (Å²) in [5.41, 5.74) is 2.02. The molecule has 140 valence electrons. The first-order chi connectivity index (χ1) is 12.7. The van der Waals surface area contributed by atoms with Gasteiger partial charge in [0, 0.05) is 25.8 Å². The third-order valence-electron chi connectivity index (χ3n) is 4.40. The Balaban J connectivity index is 1.53. The van der Waals surface area contributed by atoms with Gasteiger partial charge >= 0.3 is 0 Å². The third-order valence-corrected chi connectivity index (χ3v) is 5.42. The summed E-state index contributed by atoms with van der Waals surface area (Å²) in [5.74, 6) is 1.18. The van der Waals surface area contributed by atoms with Gasteiger partial charge in [0.1, 0.15) is 5.82 Å². The maximum absolute atomic E-state index is 12.3. The van der Waals surface area contributed by atoms with Gasteiger partial charge in [0.15, 0.2) is 5.16 Å². The molecule has 2 heterocycles. The fourth-order valence-electron chi connectivity index (χ4n) is 2.83. The van der Waals surface area contributed by atoms with Crippen LogP contribution in [0, 0.1) is 0 Å². The molecule has 0 atom stereocenters. The van der Waals surface area contributed by atoms with Gasteiger partial charge in [0.05, 0.1) is 25.5 Å². The molecule has 3 rings (SSSR count). The zero-order valence-electron chi connectivity index (χ0n) is 15.3. The van der Waals surface area contributed by atoms with E-state index in [1.54, 1.807) is 0 Å². The molecule has 26 heavy (non-hydrogen) atoms. The summed E-state index contributed by atoms with van der Waals surface area (Å²) < 4.78 is 7.34. The summed E-state index contributed by atoms with van der Waals surface area (Å²) in [6, 6.07) is 7.88. The van der Waals surface area contributed by atoms with Gasteiger partial charge < -0.3 is 14.6 Å². The summed E-state index contributed by atoms with van der Waals surface area (Å²) in [7, 11) is 1.95. The van der Waals surface area contributed by atoms with Gasteiger partial charge in [-0.05, 0) is 18.1 Å². The third kappa shape index (κ3) is 4.84. The van der Waals surface area contributed by atoms with E-state index in [9.17, 15) is 4.79 Å². The van der Waals surface area contributed by atoms with Crippen LogP contribution in [-0.4, -0.2) is 57.6 Å². The van der Waals surface area contributed by atoms with Crippen molar-refractivity contribution in [2.75, 3.05) is 37.4 Å². The highest BCUT2D eigenvalue weighted by atomic mass is 32.2. The first kappa shape index (κ1) is 18.9. The zero-order chi connectivity index (χ0) is 18.4. The number of rotatable bonds is 7. The number of aromatic nitrogens is 3. The Morgan fingerprint density at radius 3 is 2.81 bits per heavy atom. The number of hydrogen-bond donors (Lipinski definition) is 1.